The first-order valence-electron chi connectivity index (χ1n) is 6.69. The molecule has 21 heavy (non-hydrogen) atoms. The molecule has 0 aliphatic heterocycles. The molecule has 6 heteroatoms. The van der Waals surface area contributed by atoms with Gasteiger partial charge in [-0.3, -0.25) is 5.41 Å². The van der Waals surface area contributed by atoms with E-state index in [1.54, 1.807) is 0 Å². The zero-order valence-corrected chi connectivity index (χ0v) is 12.2. The number of benzene rings is 1. The van der Waals surface area contributed by atoms with Gasteiger partial charge >= 0.3 is 0 Å². The van der Waals surface area contributed by atoms with Gasteiger partial charge in [-0.2, -0.15) is 5.26 Å². The monoisotopic (exact) mass is 297 g/mol. The number of fused-ring (bicyclic) bond motifs is 1. The number of guanidine groups is 1. The van der Waals surface area contributed by atoms with Gasteiger partial charge in [-0.05, 0) is 18.4 Å². The van der Waals surface area contributed by atoms with Gasteiger partial charge in [0.1, 0.15) is 0 Å². The highest BCUT2D eigenvalue weighted by molar-refractivity contribution is 7.15. The second-order valence-corrected chi connectivity index (χ2v) is 6.25. The van der Waals surface area contributed by atoms with Crippen molar-refractivity contribution in [1.29, 1.82) is 10.7 Å². The lowest BCUT2D eigenvalue weighted by Gasteiger charge is -2.30. The van der Waals surface area contributed by atoms with Crippen LogP contribution in [0.4, 0.5) is 5.13 Å². The SMILES string of the molecule is N#C[C@@]1(c2ccccc2)CCc2nc(NC(=N)N)sc2C1. The van der Waals surface area contributed by atoms with Crippen LogP contribution >= 0.6 is 11.3 Å². The van der Waals surface area contributed by atoms with Gasteiger partial charge in [0, 0.05) is 11.3 Å². The summed E-state index contributed by atoms with van der Waals surface area (Å²) >= 11 is 1.48. The Hall–Kier alpha value is -2.39. The number of aromatic nitrogens is 1. The molecule has 0 bridgehead atoms. The highest BCUT2D eigenvalue weighted by Crippen LogP contribution is 2.41. The quantitative estimate of drug-likeness (QED) is 0.585. The van der Waals surface area contributed by atoms with Crippen LogP contribution in [0.3, 0.4) is 0 Å². The molecule has 1 aliphatic rings. The molecule has 0 saturated heterocycles. The number of hydrogen-bond donors (Lipinski definition) is 3. The molecule has 1 heterocycles. The fourth-order valence-corrected chi connectivity index (χ4v) is 3.88. The largest absolute Gasteiger partial charge is 0.370 e. The van der Waals surface area contributed by atoms with Gasteiger partial charge in [0.25, 0.3) is 0 Å². The van der Waals surface area contributed by atoms with Gasteiger partial charge in [-0.1, -0.05) is 30.3 Å². The van der Waals surface area contributed by atoms with Crippen LogP contribution in [0.25, 0.3) is 0 Å². The third-order valence-corrected chi connectivity index (χ3v) is 4.82. The zero-order valence-electron chi connectivity index (χ0n) is 11.4. The van der Waals surface area contributed by atoms with Crippen LogP contribution in [0.1, 0.15) is 22.6 Å². The Bertz CT molecular complexity index is 715. The van der Waals surface area contributed by atoms with Gasteiger partial charge in [-0.25, -0.2) is 4.98 Å². The summed E-state index contributed by atoms with van der Waals surface area (Å²) in [6.45, 7) is 0. The predicted octanol–water partition coefficient (Wildman–Crippen LogP) is 2.40. The molecule has 0 radical (unpaired) electrons. The number of aryl methyl sites for hydroxylation is 1. The number of nitriles is 1. The van der Waals surface area contributed by atoms with Crippen molar-refractivity contribution in [3.8, 4) is 6.07 Å². The second-order valence-electron chi connectivity index (χ2n) is 5.16. The fraction of sp³-hybridized carbons (Fsp3) is 0.267. The summed E-state index contributed by atoms with van der Waals surface area (Å²) in [7, 11) is 0. The van der Waals surface area contributed by atoms with Gasteiger partial charge in [0.15, 0.2) is 11.1 Å². The lowest BCUT2D eigenvalue weighted by atomic mass is 9.71. The topological polar surface area (TPSA) is 98.6 Å². The van der Waals surface area contributed by atoms with Crippen molar-refractivity contribution < 1.29 is 0 Å². The molecule has 1 atom stereocenters. The summed E-state index contributed by atoms with van der Waals surface area (Å²) in [6.07, 6.45) is 2.21. The molecule has 1 aromatic carbocycles. The van der Waals surface area contributed by atoms with E-state index in [9.17, 15) is 5.26 Å². The van der Waals surface area contributed by atoms with Crippen LogP contribution in [0.15, 0.2) is 30.3 Å². The van der Waals surface area contributed by atoms with Crippen molar-refractivity contribution in [3.63, 3.8) is 0 Å². The maximum absolute atomic E-state index is 9.74. The maximum atomic E-state index is 9.74. The van der Waals surface area contributed by atoms with E-state index in [4.69, 9.17) is 11.1 Å². The molecular weight excluding hydrogens is 282 g/mol. The van der Waals surface area contributed by atoms with Crippen LogP contribution < -0.4 is 11.1 Å². The minimum atomic E-state index is -0.478. The molecule has 3 rings (SSSR count). The molecular formula is C15H15N5S. The molecule has 0 saturated carbocycles. The Morgan fingerprint density at radius 2 is 2.19 bits per heavy atom. The van der Waals surface area contributed by atoms with Crippen LogP contribution in [0.5, 0.6) is 0 Å². The second kappa shape index (κ2) is 5.19. The summed E-state index contributed by atoms with van der Waals surface area (Å²) in [5.41, 5.74) is 6.94. The number of hydrogen-bond acceptors (Lipinski definition) is 4. The summed E-state index contributed by atoms with van der Waals surface area (Å²) in [6, 6.07) is 12.5. The molecule has 0 fully saturated rings. The Morgan fingerprint density at radius 3 is 2.86 bits per heavy atom. The van der Waals surface area contributed by atoms with E-state index in [1.165, 1.54) is 11.3 Å². The Balaban J connectivity index is 1.94. The highest BCUT2D eigenvalue weighted by atomic mass is 32.1. The Morgan fingerprint density at radius 1 is 1.43 bits per heavy atom. The van der Waals surface area contributed by atoms with Gasteiger partial charge in [0.05, 0.1) is 17.2 Å². The van der Waals surface area contributed by atoms with E-state index in [0.29, 0.717) is 11.6 Å². The molecule has 0 amide bonds. The third kappa shape index (κ3) is 2.48. The molecule has 0 unspecified atom stereocenters. The molecule has 2 aromatic rings. The lowest BCUT2D eigenvalue weighted by molar-refractivity contribution is 0.473. The lowest BCUT2D eigenvalue weighted by Crippen LogP contribution is -2.31. The van der Waals surface area contributed by atoms with Crippen LogP contribution in [0.2, 0.25) is 0 Å². The van der Waals surface area contributed by atoms with Gasteiger partial charge in [0.2, 0.25) is 0 Å². The van der Waals surface area contributed by atoms with Crippen molar-refractivity contribution in [3.05, 3.63) is 46.5 Å². The summed E-state index contributed by atoms with van der Waals surface area (Å²) < 4.78 is 0. The first-order valence-corrected chi connectivity index (χ1v) is 7.51. The van der Waals surface area contributed by atoms with E-state index in [0.717, 1.165) is 29.0 Å². The summed E-state index contributed by atoms with van der Waals surface area (Å²) in [5, 5.41) is 20.4. The Kier molecular flexibility index (Phi) is 3.35. The molecule has 1 aliphatic carbocycles. The smallest absolute Gasteiger partial charge is 0.192 e. The number of rotatable bonds is 2. The molecule has 5 nitrogen and oxygen atoms in total. The maximum Gasteiger partial charge on any atom is 0.192 e. The molecule has 1 aromatic heterocycles. The van der Waals surface area contributed by atoms with Crippen molar-refractivity contribution in [2.75, 3.05) is 5.32 Å². The normalized spacial score (nSPS) is 20.3. The number of nitrogens with one attached hydrogen (secondary N) is 2. The highest BCUT2D eigenvalue weighted by Gasteiger charge is 2.38. The summed E-state index contributed by atoms with van der Waals surface area (Å²) in [4.78, 5) is 5.57. The zero-order chi connectivity index (χ0) is 14.9. The first-order chi connectivity index (χ1) is 10.1. The van der Waals surface area contributed by atoms with Crippen molar-refractivity contribution in [2.45, 2.75) is 24.7 Å². The van der Waals surface area contributed by atoms with Crippen molar-refractivity contribution in [2.24, 2.45) is 5.73 Å². The van der Waals surface area contributed by atoms with Gasteiger partial charge in [-0.15, -0.1) is 11.3 Å². The average Bonchev–Trinajstić information content (AvgIpc) is 2.88. The van der Waals surface area contributed by atoms with E-state index in [1.807, 2.05) is 30.3 Å². The summed E-state index contributed by atoms with van der Waals surface area (Å²) in [5.74, 6) is -0.115. The minimum Gasteiger partial charge on any atom is -0.370 e. The molecule has 106 valence electrons. The van der Waals surface area contributed by atoms with E-state index in [2.05, 4.69) is 16.4 Å². The van der Waals surface area contributed by atoms with Crippen molar-refractivity contribution >= 4 is 22.4 Å². The van der Waals surface area contributed by atoms with Gasteiger partial charge < -0.3 is 11.1 Å². The van der Waals surface area contributed by atoms with E-state index >= 15 is 0 Å². The first kappa shape index (κ1) is 13.6. The van der Waals surface area contributed by atoms with E-state index in [-0.39, 0.29) is 5.96 Å². The standard InChI is InChI=1S/C15H15N5S/c16-9-15(10-4-2-1-3-5-10)7-6-11-12(8-15)21-14(19-11)20-13(17)18/h1-5H,6-8H2,(H4,17,18,19,20)/t15-/m1/s1. The predicted molar refractivity (Wildman–Crippen MR) is 83.4 cm³/mol. The number of nitrogens with zero attached hydrogens (tertiary/aromatic N) is 2. The molecule has 0 spiro atoms. The van der Waals surface area contributed by atoms with Crippen LogP contribution in [0, 0.1) is 16.7 Å². The minimum absolute atomic E-state index is 0.115. The Labute approximate surface area is 127 Å². The third-order valence-electron chi connectivity index (χ3n) is 3.81. The number of thiazole rings is 1. The van der Waals surface area contributed by atoms with Crippen LogP contribution in [-0.2, 0) is 18.3 Å². The average molecular weight is 297 g/mol. The number of nitrogens with two attached hydrogens (primary N) is 1. The van der Waals surface area contributed by atoms with Crippen LogP contribution in [-0.4, -0.2) is 10.9 Å². The number of anilines is 1. The van der Waals surface area contributed by atoms with E-state index < -0.39 is 5.41 Å². The fourth-order valence-electron chi connectivity index (χ4n) is 2.74. The molecule has 4 N–H and O–H groups in total. The van der Waals surface area contributed by atoms with Crippen molar-refractivity contribution in [1.82, 2.24) is 4.98 Å².